The average Bonchev–Trinajstić information content (AvgIpc) is 2.50. The molecule has 3 N–H and O–H groups in total. The molecule has 0 fully saturated rings. The van der Waals surface area contributed by atoms with E-state index in [4.69, 9.17) is 5.14 Å². The van der Waals surface area contributed by atoms with Crippen LogP contribution in [0.2, 0.25) is 0 Å². The number of primary sulfonamides is 1. The van der Waals surface area contributed by atoms with Crippen LogP contribution in [-0.2, 0) is 14.8 Å². The van der Waals surface area contributed by atoms with E-state index in [0.717, 1.165) is 0 Å². The van der Waals surface area contributed by atoms with Crippen LogP contribution < -0.4 is 10.5 Å². The molecule has 0 spiro atoms. The first-order valence-electron chi connectivity index (χ1n) is 6.62. The van der Waals surface area contributed by atoms with Crippen molar-refractivity contribution in [3.05, 3.63) is 29.0 Å². The number of nitrogens with one attached hydrogen (secondary N) is 1. The summed E-state index contributed by atoms with van der Waals surface area (Å²) in [5.41, 5.74) is 0.500. The summed E-state index contributed by atoms with van der Waals surface area (Å²) in [6.45, 7) is 3.31. The van der Waals surface area contributed by atoms with E-state index < -0.39 is 10.0 Å². The highest BCUT2D eigenvalue weighted by atomic mass is 79.9. The van der Waals surface area contributed by atoms with Gasteiger partial charge in [0, 0.05) is 6.20 Å². The topological polar surface area (TPSA) is 128 Å². The van der Waals surface area contributed by atoms with E-state index in [9.17, 15) is 13.2 Å². The summed E-state index contributed by atoms with van der Waals surface area (Å²) in [5, 5.41) is 8.06. The summed E-state index contributed by atoms with van der Waals surface area (Å²) in [6.07, 6.45) is 2.88. The van der Waals surface area contributed by atoms with Crippen molar-refractivity contribution in [1.29, 1.82) is 0 Å². The number of nitrogens with two attached hydrogens (primary N) is 1. The minimum atomic E-state index is -3.84. The first kappa shape index (κ1) is 18.8. The van der Waals surface area contributed by atoms with E-state index in [1.807, 2.05) is 0 Å². The predicted molar refractivity (Wildman–Crippen MR) is 94.6 cm³/mol. The molecule has 0 bridgehead atoms. The number of ketones is 1. The molecule has 0 saturated heterocycles. The fourth-order valence-corrected chi connectivity index (χ4v) is 3.23. The van der Waals surface area contributed by atoms with Crippen LogP contribution in [0.25, 0.3) is 0 Å². The lowest BCUT2D eigenvalue weighted by atomic mass is 10.3. The maximum absolute atomic E-state index is 11.4. The normalized spacial score (nSPS) is 12.7. The van der Waals surface area contributed by atoms with Crippen molar-refractivity contribution in [1.82, 2.24) is 15.0 Å². The van der Waals surface area contributed by atoms with E-state index in [2.05, 4.69) is 36.2 Å². The van der Waals surface area contributed by atoms with Gasteiger partial charge in [-0.25, -0.2) is 28.5 Å². The molecule has 11 heteroatoms. The van der Waals surface area contributed by atoms with Crippen molar-refractivity contribution in [2.75, 3.05) is 5.32 Å². The number of thioether (sulfide) groups is 1. The SMILES string of the molecule is CC(=O)C(C)Sc1nc(Nc2ccc(S(N)(=O)=O)nc2)ncc1Br. The molecule has 0 aliphatic carbocycles. The lowest BCUT2D eigenvalue weighted by Crippen LogP contribution is -2.13. The number of carbonyl (C=O) groups is 1. The Bertz CT molecular complexity index is 858. The molecule has 2 heterocycles. The lowest BCUT2D eigenvalue weighted by Gasteiger charge is -2.10. The Labute approximate surface area is 151 Å². The van der Waals surface area contributed by atoms with Gasteiger partial charge in [0.15, 0.2) is 5.03 Å². The highest BCUT2D eigenvalue weighted by Gasteiger charge is 2.14. The van der Waals surface area contributed by atoms with Crippen LogP contribution in [0.4, 0.5) is 11.6 Å². The quantitative estimate of drug-likeness (QED) is 0.525. The molecule has 128 valence electrons. The number of hydrogen-bond acceptors (Lipinski definition) is 8. The van der Waals surface area contributed by atoms with E-state index >= 15 is 0 Å². The van der Waals surface area contributed by atoms with Gasteiger partial charge in [0.25, 0.3) is 10.0 Å². The minimum Gasteiger partial charge on any atom is -0.323 e. The molecule has 24 heavy (non-hydrogen) atoms. The number of carbonyl (C=O) groups excluding carboxylic acids is 1. The number of hydrogen-bond donors (Lipinski definition) is 2. The van der Waals surface area contributed by atoms with Gasteiger partial charge in [0.05, 0.1) is 21.6 Å². The van der Waals surface area contributed by atoms with Gasteiger partial charge < -0.3 is 5.32 Å². The van der Waals surface area contributed by atoms with Crippen LogP contribution in [0.1, 0.15) is 13.8 Å². The van der Waals surface area contributed by atoms with Crippen molar-refractivity contribution in [2.45, 2.75) is 29.1 Å². The summed E-state index contributed by atoms with van der Waals surface area (Å²) < 4.78 is 23.0. The first-order valence-corrected chi connectivity index (χ1v) is 9.84. The molecule has 1 unspecified atom stereocenters. The maximum Gasteiger partial charge on any atom is 0.255 e. The number of sulfonamides is 1. The summed E-state index contributed by atoms with van der Waals surface area (Å²) in [6, 6.07) is 2.78. The Kier molecular flexibility index (Phi) is 5.91. The number of pyridine rings is 1. The van der Waals surface area contributed by atoms with Gasteiger partial charge in [-0.15, -0.1) is 0 Å². The van der Waals surface area contributed by atoms with E-state index in [0.29, 0.717) is 21.1 Å². The van der Waals surface area contributed by atoms with E-state index in [-0.39, 0.29) is 16.1 Å². The molecule has 1 atom stereocenters. The highest BCUT2D eigenvalue weighted by molar-refractivity contribution is 9.10. The van der Waals surface area contributed by atoms with Gasteiger partial charge in [-0.2, -0.15) is 0 Å². The smallest absolute Gasteiger partial charge is 0.255 e. The third kappa shape index (κ3) is 4.97. The van der Waals surface area contributed by atoms with Crippen LogP contribution in [0.15, 0.2) is 39.1 Å². The number of Topliss-reactive ketones (excluding diaryl/α,β-unsaturated/α-hetero) is 1. The van der Waals surface area contributed by atoms with E-state index in [1.54, 1.807) is 13.1 Å². The number of nitrogens with zero attached hydrogens (tertiary/aromatic N) is 3. The fraction of sp³-hybridized carbons (Fsp3) is 0.231. The van der Waals surface area contributed by atoms with Crippen molar-refractivity contribution in [3.8, 4) is 0 Å². The Morgan fingerprint density at radius 2 is 2.04 bits per heavy atom. The second-order valence-electron chi connectivity index (χ2n) is 4.77. The largest absolute Gasteiger partial charge is 0.323 e. The minimum absolute atomic E-state index is 0.0443. The van der Waals surface area contributed by atoms with Crippen molar-refractivity contribution >= 4 is 55.1 Å². The third-order valence-corrected chi connectivity index (χ3v) is 5.74. The second-order valence-corrected chi connectivity index (χ2v) is 8.46. The Hall–Kier alpha value is -1.56. The van der Waals surface area contributed by atoms with Gasteiger partial charge in [-0.05, 0) is 41.9 Å². The third-order valence-electron chi connectivity index (χ3n) is 2.86. The maximum atomic E-state index is 11.4. The highest BCUT2D eigenvalue weighted by Crippen LogP contribution is 2.30. The molecule has 2 rings (SSSR count). The summed E-state index contributed by atoms with van der Waals surface area (Å²) in [4.78, 5) is 23.6. The second kappa shape index (κ2) is 7.55. The molecule has 0 saturated carbocycles. The summed E-state index contributed by atoms with van der Waals surface area (Å²) in [7, 11) is -3.84. The van der Waals surface area contributed by atoms with Crippen LogP contribution >= 0.6 is 27.7 Å². The van der Waals surface area contributed by atoms with Gasteiger partial charge >= 0.3 is 0 Å². The monoisotopic (exact) mass is 431 g/mol. The standard InChI is InChI=1S/C13H14BrN5O3S2/c1-7(20)8(2)23-12-10(14)6-17-13(19-12)18-9-3-4-11(16-5-9)24(15,21)22/h3-6,8H,1-2H3,(H2,15,21,22)(H,17,18,19). The number of rotatable bonds is 6. The van der Waals surface area contributed by atoms with Crippen LogP contribution in [0.3, 0.4) is 0 Å². The fourth-order valence-electron chi connectivity index (χ4n) is 1.50. The molecule has 2 aromatic heterocycles. The zero-order valence-electron chi connectivity index (χ0n) is 12.7. The van der Waals surface area contributed by atoms with Crippen LogP contribution in [-0.4, -0.2) is 34.4 Å². The summed E-state index contributed by atoms with van der Waals surface area (Å²) >= 11 is 4.66. The van der Waals surface area contributed by atoms with Crippen LogP contribution in [0, 0.1) is 0 Å². The number of halogens is 1. The molecule has 8 nitrogen and oxygen atoms in total. The predicted octanol–water partition coefficient (Wildman–Crippen LogP) is 2.09. The summed E-state index contributed by atoms with van der Waals surface area (Å²) in [5.74, 6) is 0.337. The molecule has 0 amide bonds. The Balaban J connectivity index is 2.19. The molecular weight excluding hydrogens is 418 g/mol. The Morgan fingerprint density at radius 1 is 1.33 bits per heavy atom. The van der Waals surface area contributed by atoms with Crippen molar-refractivity contribution in [3.63, 3.8) is 0 Å². The number of aromatic nitrogens is 3. The zero-order valence-corrected chi connectivity index (χ0v) is 15.9. The molecular formula is C13H14BrN5O3S2. The molecule has 0 aliphatic rings. The Morgan fingerprint density at radius 3 is 2.58 bits per heavy atom. The zero-order chi connectivity index (χ0) is 17.9. The first-order chi connectivity index (χ1) is 11.2. The molecule has 0 aliphatic heterocycles. The molecule has 0 aromatic carbocycles. The van der Waals surface area contributed by atoms with Crippen LogP contribution in [0.5, 0.6) is 0 Å². The lowest BCUT2D eigenvalue weighted by molar-refractivity contribution is -0.116. The molecule has 2 aromatic rings. The molecule has 0 radical (unpaired) electrons. The van der Waals surface area contributed by atoms with Gasteiger partial charge in [-0.1, -0.05) is 11.8 Å². The van der Waals surface area contributed by atoms with Gasteiger partial charge in [-0.3, -0.25) is 4.79 Å². The van der Waals surface area contributed by atoms with E-state index in [1.165, 1.54) is 37.0 Å². The van der Waals surface area contributed by atoms with Crippen molar-refractivity contribution in [2.24, 2.45) is 5.14 Å². The average molecular weight is 432 g/mol. The van der Waals surface area contributed by atoms with Crippen molar-refractivity contribution < 1.29 is 13.2 Å². The van der Waals surface area contributed by atoms with Gasteiger partial charge in [0.2, 0.25) is 5.95 Å². The van der Waals surface area contributed by atoms with Gasteiger partial charge in [0.1, 0.15) is 10.8 Å². The number of anilines is 2.